The first-order valence-electron chi connectivity index (χ1n) is 10.4. The maximum Gasteiger partial charge on any atom is 0.243 e. The smallest absolute Gasteiger partial charge is 0.243 e. The number of nitrogens with zero attached hydrogens (tertiary/aromatic N) is 4. The molecule has 7 nitrogen and oxygen atoms in total. The molecule has 30 heavy (non-hydrogen) atoms. The van der Waals surface area contributed by atoms with E-state index in [0.29, 0.717) is 36.3 Å². The van der Waals surface area contributed by atoms with Gasteiger partial charge in [0, 0.05) is 31.7 Å². The van der Waals surface area contributed by atoms with E-state index in [1.807, 2.05) is 19.2 Å². The summed E-state index contributed by atoms with van der Waals surface area (Å²) in [4.78, 5) is 9.41. The molecule has 0 amide bonds. The predicted octanol–water partition coefficient (Wildman–Crippen LogP) is 3.66. The molecule has 0 saturated carbocycles. The molecule has 1 saturated heterocycles. The lowest BCUT2D eigenvalue weighted by Gasteiger charge is -2.18. The van der Waals surface area contributed by atoms with Crippen molar-refractivity contribution < 1.29 is 13.2 Å². The molecule has 1 fully saturated rings. The van der Waals surface area contributed by atoms with Crippen LogP contribution in [0.4, 0.5) is 0 Å². The van der Waals surface area contributed by atoms with E-state index in [1.165, 1.54) is 0 Å². The Balaban J connectivity index is 1.60. The number of sulfonamides is 1. The van der Waals surface area contributed by atoms with Gasteiger partial charge in [-0.3, -0.25) is 4.98 Å². The van der Waals surface area contributed by atoms with Crippen LogP contribution in [0.15, 0.2) is 47.6 Å². The van der Waals surface area contributed by atoms with Crippen molar-refractivity contribution >= 4 is 21.1 Å². The number of aromatic nitrogens is 3. The van der Waals surface area contributed by atoms with E-state index in [4.69, 9.17) is 9.72 Å². The average Bonchev–Trinajstić information content (AvgIpc) is 3.34. The summed E-state index contributed by atoms with van der Waals surface area (Å²) in [6.45, 7) is 8.55. The van der Waals surface area contributed by atoms with Crippen molar-refractivity contribution in [2.45, 2.75) is 44.6 Å². The van der Waals surface area contributed by atoms with Gasteiger partial charge in [0.05, 0.1) is 28.7 Å². The molecule has 3 heterocycles. The van der Waals surface area contributed by atoms with Gasteiger partial charge >= 0.3 is 0 Å². The first-order chi connectivity index (χ1) is 14.4. The van der Waals surface area contributed by atoms with Gasteiger partial charge in [0.1, 0.15) is 11.6 Å². The summed E-state index contributed by atoms with van der Waals surface area (Å²) < 4.78 is 35.5. The molecule has 160 valence electrons. The van der Waals surface area contributed by atoms with E-state index in [1.54, 1.807) is 34.8 Å². The SMILES string of the molecule is CCOc1ccc(S(=O)(=O)N2CC[C@H](c3nc4ccncc4n3CC(C)C)C2)cc1. The molecule has 0 bridgehead atoms. The fourth-order valence-electron chi connectivity index (χ4n) is 4.04. The van der Waals surface area contributed by atoms with Crippen molar-refractivity contribution in [3.63, 3.8) is 0 Å². The van der Waals surface area contributed by atoms with Crippen LogP contribution in [0.1, 0.15) is 38.9 Å². The van der Waals surface area contributed by atoms with Gasteiger partial charge in [-0.15, -0.1) is 0 Å². The number of ether oxygens (including phenoxy) is 1. The van der Waals surface area contributed by atoms with Crippen molar-refractivity contribution in [3.05, 3.63) is 48.5 Å². The zero-order valence-electron chi connectivity index (χ0n) is 17.7. The largest absolute Gasteiger partial charge is 0.494 e. The van der Waals surface area contributed by atoms with Gasteiger partial charge in [0.25, 0.3) is 0 Å². The molecule has 0 N–H and O–H groups in total. The van der Waals surface area contributed by atoms with E-state index >= 15 is 0 Å². The second-order valence-corrected chi connectivity index (χ2v) is 10.0. The molecule has 2 aromatic heterocycles. The minimum absolute atomic E-state index is 0.0635. The Kier molecular flexibility index (Phi) is 5.79. The van der Waals surface area contributed by atoms with Gasteiger partial charge in [-0.2, -0.15) is 4.31 Å². The van der Waals surface area contributed by atoms with E-state index in [2.05, 4.69) is 23.4 Å². The molecule has 4 rings (SSSR count). The van der Waals surface area contributed by atoms with E-state index in [0.717, 1.165) is 29.8 Å². The maximum absolute atomic E-state index is 13.2. The highest BCUT2D eigenvalue weighted by atomic mass is 32.2. The number of pyridine rings is 1. The number of rotatable bonds is 7. The molecular formula is C22H28N4O3S. The molecule has 1 aliphatic heterocycles. The average molecular weight is 429 g/mol. The second kappa shape index (κ2) is 8.35. The van der Waals surface area contributed by atoms with E-state index in [9.17, 15) is 8.42 Å². The lowest BCUT2D eigenvalue weighted by Crippen LogP contribution is -2.29. The van der Waals surface area contributed by atoms with Crippen LogP contribution in [0.2, 0.25) is 0 Å². The molecule has 8 heteroatoms. The molecule has 0 radical (unpaired) electrons. The van der Waals surface area contributed by atoms with Crippen LogP contribution in [-0.2, 0) is 16.6 Å². The molecule has 1 aliphatic rings. The van der Waals surface area contributed by atoms with Gasteiger partial charge < -0.3 is 9.30 Å². The topological polar surface area (TPSA) is 77.3 Å². The monoisotopic (exact) mass is 428 g/mol. The Labute approximate surface area is 177 Å². The summed E-state index contributed by atoms with van der Waals surface area (Å²) in [6, 6.07) is 8.57. The normalized spacial score (nSPS) is 17.8. The standard InChI is InChI=1S/C22H28N4O3S/c1-4-29-18-5-7-19(8-6-18)30(27,28)25-12-10-17(15-25)22-24-20-9-11-23-13-21(20)26(22)14-16(2)3/h5-9,11,13,16-17H,4,10,12,14-15H2,1-3H3/t17-/m0/s1. The third-order valence-corrected chi connectivity index (χ3v) is 7.30. The number of hydrogen-bond donors (Lipinski definition) is 0. The van der Waals surface area contributed by atoms with Crippen LogP contribution in [0.25, 0.3) is 11.0 Å². The first kappa shape index (κ1) is 20.8. The van der Waals surface area contributed by atoms with Crippen molar-refractivity contribution in [2.75, 3.05) is 19.7 Å². The Morgan fingerprint density at radius 2 is 1.97 bits per heavy atom. The highest BCUT2D eigenvalue weighted by molar-refractivity contribution is 7.89. The minimum Gasteiger partial charge on any atom is -0.494 e. The molecule has 0 aliphatic carbocycles. The Bertz CT molecular complexity index is 1120. The van der Waals surface area contributed by atoms with E-state index < -0.39 is 10.0 Å². The molecule has 3 aromatic rings. The number of hydrogen-bond acceptors (Lipinski definition) is 5. The van der Waals surface area contributed by atoms with Crippen molar-refractivity contribution in [2.24, 2.45) is 5.92 Å². The number of benzene rings is 1. The highest BCUT2D eigenvalue weighted by Gasteiger charge is 2.35. The van der Waals surface area contributed by atoms with Gasteiger partial charge in [-0.05, 0) is 49.6 Å². The summed E-state index contributed by atoms with van der Waals surface area (Å²) in [5.74, 6) is 2.14. The summed E-state index contributed by atoms with van der Waals surface area (Å²) in [6.07, 6.45) is 4.35. The van der Waals surface area contributed by atoms with Gasteiger partial charge in [-0.1, -0.05) is 13.8 Å². The maximum atomic E-state index is 13.2. The van der Waals surface area contributed by atoms with Gasteiger partial charge in [0.2, 0.25) is 10.0 Å². The van der Waals surface area contributed by atoms with Crippen molar-refractivity contribution in [1.82, 2.24) is 18.8 Å². The zero-order chi connectivity index (χ0) is 21.3. The van der Waals surface area contributed by atoms with Crippen LogP contribution in [0.3, 0.4) is 0 Å². The van der Waals surface area contributed by atoms with Crippen LogP contribution in [0.5, 0.6) is 5.75 Å². The Morgan fingerprint density at radius 1 is 1.20 bits per heavy atom. The number of fused-ring (bicyclic) bond motifs is 1. The molecule has 0 unspecified atom stereocenters. The summed E-state index contributed by atoms with van der Waals surface area (Å²) in [5.41, 5.74) is 1.92. The van der Waals surface area contributed by atoms with Crippen molar-refractivity contribution in [1.29, 1.82) is 0 Å². The lowest BCUT2D eigenvalue weighted by atomic mass is 10.1. The van der Waals surface area contributed by atoms with Crippen LogP contribution in [0, 0.1) is 5.92 Å². The first-order valence-corrected chi connectivity index (χ1v) is 11.9. The van der Waals surface area contributed by atoms with Crippen LogP contribution in [-0.4, -0.2) is 47.0 Å². The fourth-order valence-corrected chi connectivity index (χ4v) is 5.54. The number of imidazole rings is 1. The van der Waals surface area contributed by atoms with Crippen LogP contribution >= 0.6 is 0 Å². The Morgan fingerprint density at radius 3 is 2.67 bits per heavy atom. The predicted molar refractivity (Wildman–Crippen MR) is 116 cm³/mol. The van der Waals surface area contributed by atoms with E-state index in [-0.39, 0.29) is 5.92 Å². The third kappa shape index (κ3) is 3.94. The molecular weight excluding hydrogens is 400 g/mol. The third-order valence-electron chi connectivity index (χ3n) is 5.42. The molecule has 0 spiro atoms. The zero-order valence-corrected chi connectivity index (χ0v) is 18.5. The summed E-state index contributed by atoms with van der Waals surface area (Å²) in [5, 5.41) is 0. The van der Waals surface area contributed by atoms with Crippen LogP contribution < -0.4 is 4.74 Å². The minimum atomic E-state index is -3.55. The molecule has 1 aromatic carbocycles. The Hall–Kier alpha value is -2.45. The van der Waals surface area contributed by atoms with Gasteiger partial charge in [0.15, 0.2) is 0 Å². The fraction of sp³-hybridized carbons (Fsp3) is 0.455. The second-order valence-electron chi connectivity index (χ2n) is 8.09. The lowest BCUT2D eigenvalue weighted by molar-refractivity contribution is 0.340. The summed E-state index contributed by atoms with van der Waals surface area (Å²) in [7, 11) is -3.55. The molecule has 1 atom stereocenters. The highest BCUT2D eigenvalue weighted by Crippen LogP contribution is 2.33. The quantitative estimate of drug-likeness (QED) is 0.574. The van der Waals surface area contributed by atoms with Crippen molar-refractivity contribution in [3.8, 4) is 5.75 Å². The summed E-state index contributed by atoms with van der Waals surface area (Å²) >= 11 is 0. The van der Waals surface area contributed by atoms with Gasteiger partial charge in [-0.25, -0.2) is 13.4 Å².